The zero-order valence-electron chi connectivity index (χ0n) is 6.73. The molecule has 0 unspecified atom stereocenters. The number of hydrogen-bond acceptors (Lipinski definition) is 2. The standard InChI is InChI=1S/C8H8BrFO2/c1-8(2,10)7(11)6-5(9)3-4-12-6/h3-4H,1-2H3. The molecular formula is C8H8BrFO2. The molecule has 0 atom stereocenters. The van der Waals surface area contributed by atoms with Crippen molar-refractivity contribution < 1.29 is 13.6 Å². The summed E-state index contributed by atoms with van der Waals surface area (Å²) in [5, 5.41) is 0. The van der Waals surface area contributed by atoms with Crippen LogP contribution in [0.1, 0.15) is 24.4 Å². The van der Waals surface area contributed by atoms with Gasteiger partial charge in [-0.3, -0.25) is 4.79 Å². The van der Waals surface area contributed by atoms with Crippen molar-refractivity contribution in [1.82, 2.24) is 0 Å². The van der Waals surface area contributed by atoms with Crippen molar-refractivity contribution in [2.75, 3.05) is 0 Å². The highest BCUT2D eigenvalue weighted by Gasteiger charge is 2.31. The predicted octanol–water partition coefficient (Wildman–Crippen LogP) is 2.97. The molecule has 66 valence electrons. The third-order valence-corrected chi connectivity index (χ3v) is 1.99. The Hall–Kier alpha value is -0.640. The summed E-state index contributed by atoms with van der Waals surface area (Å²) in [6.07, 6.45) is 1.34. The molecule has 1 heterocycles. The van der Waals surface area contributed by atoms with Gasteiger partial charge in [0.1, 0.15) is 0 Å². The molecule has 4 heteroatoms. The van der Waals surface area contributed by atoms with E-state index in [2.05, 4.69) is 15.9 Å². The van der Waals surface area contributed by atoms with Gasteiger partial charge in [0.05, 0.1) is 10.7 Å². The largest absolute Gasteiger partial charge is 0.460 e. The highest BCUT2D eigenvalue weighted by molar-refractivity contribution is 9.10. The Balaban J connectivity index is 3.01. The number of hydrogen-bond donors (Lipinski definition) is 0. The van der Waals surface area contributed by atoms with Gasteiger partial charge in [-0.15, -0.1) is 0 Å². The smallest absolute Gasteiger partial charge is 0.235 e. The van der Waals surface area contributed by atoms with Gasteiger partial charge in [0.2, 0.25) is 5.78 Å². The number of alkyl halides is 1. The average molecular weight is 235 g/mol. The molecule has 0 aliphatic rings. The van der Waals surface area contributed by atoms with Crippen LogP contribution >= 0.6 is 15.9 Å². The lowest BCUT2D eigenvalue weighted by Crippen LogP contribution is -2.25. The Bertz CT molecular complexity index is 298. The molecule has 0 saturated carbocycles. The first kappa shape index (κ1) is 9.45. The molecule has 1 rings (SSSR count). The Morgan fingerprint density at radius 3 is 2.58 bits per heavy atom. The lowest BCUT2D eigenvalue weighted by Gasteiger charge is -2.09. The van der Waals surface area contributed by atoms with E-state index in [1.807, 2.05) is 0 Å². The van der Waals surface area contributed by atoms with Crippen molar-refractivity contribution in [2.24, 2.45) is 0 Å². The van der Waals surface area contributed by atoms with Gasteiger partial charge in [0.25, 0.3) is 0 Å². The Morgan fingerprint density at radius 2 is 2.25 bits per heavy atom. The topological polar surface area (TPSA) is 30.2 Å². The van der Waals surface area contributed by atoms with E-state index < -0.39 is 11.5 Å². The minimum absolute atomic E-state index is 0.0301. The highest BCUT2D eigenvalue weighted by atomic mass is 79.9. The molecular weight excluding hydrogens is 227 g/mol. The van der Waals surface area contributed by atoms with E-state index >= 15 is 0 Å². The van der Waals surface area contributed by atoms with Crippen LogP contribution in [0.3, 0.4) is 0 Å². The summed E-state index contributed by atoms with van der Waals surface area (Å²) in [7, 11) is 0. The highest BCUT2D eigenvalue weighted by Crippen LogP contribution is 2.24. The van der Waals surface area contributed by atoms with E-state index in [1.54, 1.807) is 6.07 Å². The molecule has 0 saturated heterocycles. The molecule has 0 aliphatic heterocycles. The SMILES string of the molecule is CC(C)(F)C(=O)c1occc1Br. The van der Waals surface area contributed by atoms with E-state index in [1.165, 1.54) is 20.1 Å². The monoisotopic (exact) mass is 234 g/mol. The summed E-state index contributed by atoms with van der Waals surface area (Å²) in [5.41, 5.74) is -1.89. The zero-order chi connectivity index (χ0) is 9.35. The molecule has 0 amide bonds. The molecule has 12 heavy (non-hydrogen) atoms. The minimum atomic E-state index is -1.89. The van der Waals surface area contributed by atoms with Crippen LogP contribution < -0.4 is 0 Å². The van der Waals surface area contributed by atoms with Crippen molar-refractivity contribution in [3.05, 3.63) is 22.6 Å². The van der Waals surface area contributed by atoms with Crippen LogP contribution in [0.4, 0.5) is 4.39 Å². The zero-order valence-corrected chi connectivity index (χ0v) is 8.31. The lowest BCUT2D eigenvalue weighted by molar-refractivity contribution is 0.0728. The summed E-state index contributed by atoms with van der Waals surface area (Å²) in [6, 6.07) is 1.55. The Morgan fingerprint density at radius 1 is 1.67 bits per heavy atom. The lowest BCUT2D eigenvalue weighted by atomic mass is 10.0. The van der Waals surface area contributed by atoms with Crippen molar-refractivity contribution in [3.63, 3.8) is 0 Å². The third-order valence-electron chi connectivity index (χ3n) is 1.36. The fourth-order valence-corrected chi connectivity index (χ4v) is 1.11. The molecule has 0 N–H and O–H groups in total. The van der Waals surface area contributed by atoms with Gasteiger partial charge in [0.15, 0.2) is 11.4 Å². The van der Waals surface area contributed by atoms with Crippen LogP contribution in [0.5, 0.6) is 0 Å². The number of Topliss-reactive ketones (excluding diaryl/α,β-unsaturated/α-hetero) is 1. The Labute approximate surface area is 77.9 Å². The second kappa shape index (κ2) is 3.01. The fourth-order valence-electron chi connectivity index (χ4n) is 0.726. The molecule has 0 aliphatic carbocycles. The van der Waals surface area contributed by atoms with Gasteiger partial charge in [-0.2, -0.15) is 0 Å². The predicted molar refractivity (Wildman–Crippen MR) is 45.9 cm³/mol. The molecule has 0 spiro atoms. The van der Waals surface area contributed by atoms with Crippen LogP contribution in [-0.4, -0.2) is 11.5 Å². The van der Waals surface area contributed by atoms with Crippen LogP contribution in [0.2, 0.25) is 0 Å². The quantitative estimate of drug-likeness (QED) is 0.737. The van der Waals surface area contributed by atoms with E-state index in [0.717, 1.165) is 0 Å². The van der Waals surface area contributed by atoms with Gasteiger partial charge < -0.3 is 4.42 Å². The number of rotatable bonds is 2. The van der Waals surface area contributed by atoms with Gasteiger partial charge in [-0.25, -0.2) is 4.39 Å². The number of carbonyl (C=O) groups is 1. The van der Waals surface area contributed by atoms with Gasteiger partial charge in [-0.05, 0) is 35.8 Å². The molecule has 1 aromatic rings. The molecule has 0 aromatic carbocycles. The molecule has 0 bridgehead atoms. The number of carbonyl (C=O) groups excluding carboxylic acids is 1. The van der Waals surface area contributed by atoms with Gasteiger partial charge in [0, 0.05) is 0 Å². The summed E-state index contributed by atoms with van der Waals surface area (Å²) in [6.45, 7) is 2.40. The number of furan rings is 1. The van der Waals surface area contributed by atoms with Crippen LogP contribution in [0.25, 0.3) is 0 Å². The average Bonchev–Trinajstić information content (AvgIpc) is 2.31. The number of ketones is 1. The first-order valence-electron chi connectivity index (χ1n) is 3.39. The normalized spacial score (nSPS) is 11.7. The summed E-state index contributed by atoms with van der Waals surface area (Å²) < 4.78 is 18.4. The van der Waals surface area contributed by atoms with E-state index in [-0.39, 0.29) is 5.76 Å². The maximum Gasteiger partial charge on any atom is 0.235 e. The van der Waals surface area contributed by atoms with Gasteiger partial charge in [-0.1, -0.05) is 0 Å². The third kappa shape index (κ3) is 1.75. The molecule has 0 fully saturated rings. The summed E-state index contributed by atoms with van der Waals surface area (Å²) in [5.74, 6) is -0.623. The fraction of sp³-hybridized carbons (Fsp3) is 0.375. The minimum Gasteiger partial charge on any atom is -0.460 e. The van der Waals surface area contributed by atoms with E-state index in [4.69, 9.17) is 4.42 Å². The van der Waals surface area contributed by atoms with E-state index in [0.29, 0.717) is 4.47 Å². The van der Waals surface area contributed by atoms with Crippen molar-refractivity contribution >= 4 is 21.7 Å². The maximum atomic E-state index is 13.1. The Kier molecular flexibility index (Phi) is 2.37. The van der Waals surface area contributed by atoms with Crippen molar-refractivity contribution in [3.8, 4) is 0 Å². The first-order chi connectivity index (χ1) is 5.43. The van der Waals surface area contributed by atoms with E-state index in [9.17, 15) is 9.18 Å². The second-order valence-corrected chi connectivity index (χ2v) is 3.75. The van der Waals surface area contributed by atoms with Crippen molar-refractivity contribution in [1.29, 1.82) is 0 Å². The van der Waals surface area contributed by atoms with Crippen LogP contribution in [0, 0.1) is 0 Å². The second-order valence-electron chi connectivity index (χ2n) is 2.90. The number of halogens is 2. The molecule has 1 aromatic heterocycles. The van der Waals surface area contributed by atoms with Crippen LogP contribution in [-0.2, 0) is 0 Å². The first-order valence-corrected chi connectivity index (χ1v) is 4.19. The maximum absolute atomic E-state index is 13.1. The van der Waals surface area contributed by atoms with Gasteiger partial charge >= 0.3 is 0 Å². The van der Waals surface area contributed by atoms with Crippen LogP contribution in [0.15, 0.2) is 21.2 Å². The molecule has 2 nitrogen and oxygen atoms in total. The van der Waals surface area contributed by atoms with Crippen molar-refractivity contribution in [2.45, 2.75) is 19.5 Å². The summed E-state index contributed by atoms with van der Waals surface area (Å²) in [4.78, 5) is 11.2. The summed E-state index contributed by atoms with van der Waals surface area (Å²) >= 11 is 3.08. The molecule has 0 radical (unpaired) electrons.